The molecule has 21 heavy (non-hydrogen) atoms. The Hall–Kier alpha value is -0.0400. The lowest BCUT2D eigenvalue weighted by Crippen LogP contribution is -2.32. The van der Waals surface area contributed by atoms with Gasteiger partial charge in [0.1, 0.15) is 0 Å². The van der Waals surface area contributed by atoms with E-state index in [9.17, 15) is 0 Å². The highest BCUT2D eigenvalue weighted by Gasteiger charge is 2.22. The van der Waals surface area contributed by atoms with E-state index in [1.807, 2.05) is 0 Å². The molecule has 0 aromatic rings. The normalized spacial score (nSPS) is 17.4. The van der Waals surface area contributed by atoms with E-state index in [0.717, 1.165) is 12.0 Å². The minimum atomic E-state index is 0.811. The number of rotatable bonds is 14. The van der Waals surface area contributed by atoms with E-state index >= 15 is 0 Å². The van der Waals surface area contributed by atoms with Gasteiger partial charge in [0.05, 0.1) is 0 Å². The Kier molecular flexibility index (Phi) is 12.3. The maximum Gasteiger partial charge on any atom is 0.00923 e. The molecule has 1 rings (SSSR count). The highest BCUT2D eigenvalue weighted by molar-refractivity contribution is 4.79. The van der Waals surface area contributed by atoms with Gasteiger partial charge in [0.15, 0.2) is 0 Å². The predicted molar refractivity (Wildman–Crippen MR) is 95.9 cm³/mol. The summed E-state index contributed by atoms with van der Waals surface area (Å²) < 4.78 is 0. The summed E-state index contributed by atoms with van der Waals surface area (Å²) in [6.07, 6.45) is 23.3. The van der Waals surface area contributed by atoms with E-state index in [0.29, 0.717) is 0 Å². The molecule has 126 valence electrons. The molecule has 0 bridgehead atoms. The number of nitrogens with one attached hydrogen (secondary N) is 1. The lowest BCUT2D eigenvalue weighted by Gasteiger charge is -2.22. The third-order valence-electron chi connectivity index (χ3n) is 5.46. The second-order valence-corrected chi connectivity index (χ2v) is 7.26. The van der Waals surface area contributed by atoms with Crippen molar-refractivity contribution in [1.82, 2.24) is 5.32 Å². The molecule has 1 N–H and O–H groups in total. The van der Waals surface area contributed by atoms with Crippen molar-refractivity contribution in [2.24, 2.45) is 5.92 Å². The van der Waals surface area contributed by atoms with Crippen LogP contribution in [0.4, 0.5) is 0 Å². The van der Waals surface area contributed by atoms with Gasteiger partial charge in [-0.2, -0.15) is 0 Å². The van der Waals surface area contributed by atoms with E-state index in [-0.39, 0.29) is 0 Å². The van der Waals surface area contributed by atoms with Crippen LogP contribution in [0.5, 0.6) is 0 Å². The van der Waals surface area contributed by atoms with Crippen molar-refractivity contribution >= 4 is 0 Å². The van der Waals surface area contributed by atoms with Crippen LogP contribution in [0.25, 0.3) is 0 Å². The molecule has 0 aromatic carbocycles. The molecular weight excluding hydrogens is 254 g/mol. The first-order valence-corrected chi connectivity index (χ1v) is 10.1. The third kappa shape index (κ3) is 9.55. The second-order valence-electron chi connectivity index (χ2n) is 7.26. The van der Waals surface area contributed by atoms with E-state index in [2.05, 4.69) is 19.3 Å². The highest BCUT2D eigenvalue weighted by Crippen LogP contribution is 2.29. The van der Waals surface area contributed by atoms with Crippen molar-refractivity contribution in [2.45, 2.75) is 116 Å². The summed E-state index contributed by atoms with van der Waals surface area (Å²) in [6, 6.07) is 0.811. The van der Waals surface area contributed by atoms with Crippen LogP contribution >= 0.6 is 0 Å². The van der Waals surface area contributed by atoms with Gasteiger partial charge >= 0.3 is 0 Å². The van der Waals surface area contributed by atoms with Crippen LogP contribution in [0.3, 0.4) is 0 Å². The molecule has 1 heteroatoms. The van der Waals surface area contributed by atoms with Gasteiger partial charge in [-0.15, -0.1) is 0 Å². The topological polar surface area (TPSA) is 12.0 Å². The summed E-state index contributed by atoms with van der Waals surface area (Å²) in [5.41, 5.74) is 0. The minimum absolute atomic E-state index is 0.811. The van der Waals surface area contributed by atoms with Crippen LogP contribution in [-0.2, 0) is 0 Å². The van der Waals surface area contributed by atoms with Crippen molar-refractivity contribution in [1.29, 1.82) is 0 Å². The van der Waals surface area contributed by atoms with Crippen LogP contribution in [0.1, 0.15) is 110 Å². The quantitative estimate of drug-likeness (QED) is 0.362. The molecular formula is C20H41N. The molecule has 0 aliphatic heterocycles. The molecule has 1 fully saturated rings. The molecule has 1 aliphatic rings. The van der Waals surface area contributed by atoms with E-state index in [1.165, 1.54) is 103 Å². The Morgan fingerprint density at radius 3 is 1.71 bits per heavy atom. The lowest BCUT2D eigenvalue weighted by molar-refractivity contribution is 0.348. The lowest BCUT2D eigenvalue weighted by atomic mass is 9.93. The SMILES string of the molecule is CCCCCCCCCCCCCC(NC)C1CCCC1. The second kappa shape index (κ2) is 13.6. The van der Waals surface area contributed by atoms with Crippen molar-refractivity contribution in [2.75, 3.05) is 7.05 Å². The predicted octanol–water partition coefficient (Wildman–Crippen LogP) is 6.47. The maximum absolute atomic E-state index is 3.58. The number of hydrogen-bond acceptors (Lipinski definition) is 1. The van der Waals surface area contributed by atoms with Crippen LogP contribution in [0, 0.1) is 5.92 Å². The minimum Gasteiger partial charge on any atom is -0.317 e. The Morgan fingerprint density at radius 2 is 1.24 bits per heavy atom. The standard InChI is InChI=1S/C20H41N/c1-3-4-5-6-7-8-9-10-11-12-13-18-20(21-2)19-16-14-15-17-19/h19-21H,3-18H2,1-2H3. The van der Waals surface area contributed by atoms with Crippen LogP contribution in [0.2, 0.25) is 0 Å². The Balaban J connectivity index is 1.83. The fourth-order valence-corrected chi connectivity index (χ4v) is 4.00. The first-order chi connectivity index (χ1) is 10.4. The summed E-state index contributed by atoms with van der Waals surface area (Å²) in [6.45, 7) is 2.30. The molecule has 1 saturated carbocycles. The van der Waals surface area contributed by atoms with Crippen molar-refractivity contribution in [3.05, 3.63) is 0 Å². The molecule has 0 amide bonds. The summed E-state index contributed by atoms with van der Waals surface area (Å²) >= 11 is 0. The van der Waals surface area contributed by atoms with Gasteiger partial charge in [0, 0.05) is 6.04 Å². The largest absolute Gasteiger partial charge is 0.317 e. The Morgan fingerprint density at radius 1 is 0.762 bits per heavy atom. The molecule has 1 atom stereocenters. The summed E-state index contributed by atoms with van der Waals surface area (Å²) in [5.74, 6) is 0.984. The number of unbranched alkanes of at least 4 members (excludes halogenated alkanes) is 10. The maximum atomic E-state index is 3.58. The van der Waals surface area contributed by atoms with Crippen LogP contribution in [0.15, 0.2) is 0 Å². The molecule has 0 aromatic heterocycles. The van der Waals surface area contributed by atoms with Gasteiger partial charge in [0.2, 0.25) is 0 Å². The van der Waals surface area contributed by atoms with Crippen molar-refractivity contribution in [3.8, 4) is 0 Å². The third-order valence-corrected chi connectivity index (χ3v) is 5.46. The number of hydrogen-bond donors (Lipinski definition) is 1. The average Bonchev–Trinajstić information content (AvgIpc) is 3.03. The monoisotopic (exact) mass is 295 g/mol. The van der Waals surface area contributed by atoms with Gasteiger partial charge in [-0.3, -0.25) is 0 Å². The van der Waals surface area contributed by atoms with Crippen LogP contribution < -0.4 is 5.32 Å². The van der Waals surface area contributed by atoms with Gasteiger partial charge in [0.25, 0.3) is 0 Å². The zero-order valence-electron chi connectivity index (χ0n) is 15.0. The van der Waals surface area contributed by atoms with Crippen molar-refractivity contribution in [3.63, 3.8) is 0 Å². The molecule has 0 radical (unpaired) electrons. The molecule has 0 heterocycles. The smallest absolute Gasteiger partial charge is 0.00923 e. The molecule has 1 unspecified atom stereocenters. The first kappa shape index (κ1) is 19.0. The van der Waals surface area contributed by atoms with Gasteiger partial charge in [-0.1, -0.05) is 90.4 Å². The summed E-state index contributed by atoms with van der Waals surface area (Å²) in [5, 5.41) is 3.58. The van der Waals surface area contributed by atoms with Gasteiger partial charge in [-0.25, -0.2) is 0 Å². The first-order valence-electron chi connectivity index (χ1n) is 10.1. The van der Waals surface area contributed by atoms with E-state index in [4.69, 9.17) is 0 Å². The molecule has 1 nitrogen and oxygen atoms in total. The zero-order chi connectivity index (χ0) is 15.2. The molecule has 1 aliphatic carbocycles. The average molecular weight is 296 g/mol. The van der Waals surface area contributed by atoms with Crippen molar-refractivity contribution < 1.29 is 0 Å². The zero-order valence-corrected chi connectivity index (χ0v) is 15.0. The Labute approximate surface area is 134 Å². The summed E-state index contributed by atoms with van der Waals surface area (Å²) in [4.78, 5) is 0. The fraction of sp³-hybridized carbons (Fsp3) is 1.00. The fourth-order valence-electron chi connectivity index (χ4n) is 4.00. The van der Waals surface area contributed by atoms with E-state index < -0.39 is 0 Å². The van der Waals surface area contributed by atoms with Gasteiger partial charge < -0.3 is 5.32 Å². The van der Waals surface area contributed by atoms with E-state index in [1.54, 1.807) is 0 Å². The molecule has 0 spiro atoms. The van der Waals surface area contributed by atoms with Gasteiger partial charge in [-0.05, 0) is 32.2 Å². The summed E-state index contributed by atoms with van der Waals surface area (Å²) in [7, 11) is 2.17. The molecule has 0 saturated heterocycles. The highest BCUT2D eigenvalue weighted by atomic mass is 14.9. The Bertz CT molecular complexity index is 208. The van der Waals surface area contributed by atoms with Crippen LogP contribution in [-0.4, -0.2) is 13.1 Å².